The molecule has 0 bridgehead atoms. The van der Waals surface area contributed by atoms with Crippen molar-refractivity contribution < 1.29 is 14.6 Å². The van der Waals surface area contributed by atoms with Crippen LogP contribution in [0.25, 0.3) is 6.08 Å². The van der Waals surface area contributed by atoms with Crippen molar-refractivity contribution in [2.24, 2.45) is 0 Å². The Labute approximate surface area is 148 Å². The molecule has 0 atom stereocenters. The van der Waals surface area contributed by atoms with E-state index < -0.39 is 5.97 Å². The molecular formula is C21H21NO3. The summed E-state index contributed by atoms with van der Waals surface area (Å²) in [6.45, 7) is 8.42. The molecule has 2 rings (SSSR count). The van der Waals surface area contributed by atoms with E-state index in [9.17, 15) is 4.79 Å². The maximum Gasteiger partial charge on any atom is 0.346 e. The number of aliphatic carboxylic acids is 1. The first-order chi connectivity index (χ1) is 11.7. The van der Waals surface area contributed by atoms with E-state index in [1.165, 1.54) is 6.08 Å². The second-order valence-corrected chi connectivity index (χ2v) is 6.85. The zero-order valence-electron chi connectivity index (χ0n) is 14.8. The average Bonchev–Trinajstić information content (AvgIpc) is 2.54. The summed E-state index contributed by atoms with van der Waals surface area (Å²) in [4.78, 5) is 10.9. The molecule has 25 heavy (non-hydrogen) atoms. The number of rotatable bonds is 4. The van der Waals surface area contributed by atoms with Crippen LogP contribution in [-0.2, 0) is 10.2 Å². The number of aryl methyl sites for hydroxylation is 1. The Kier molecular flexibility index (Phi) is 5.29. The van der Waals surface area contributed by atoms with Crippen LogP contribution in [0.2, 0.25) is 0 Å². The zero-order valence-corrected chi connectivity index (χ0v) is 14.8. The summed E-state index contributed by atoms with van der Waals surface area (Å²) in [7, 11) is 0. The Bertz CT molecular complexity index is 850. The summed E-state index contributed by atoms with van der Waals surface area (Å²) >= 11 is 0. The van der Waals surface area contributed by atoms with Crippen molar-refractivity contribution in [1.29, 1.82) is 5.26 Å². The third-order valence-corrected chi connectivity index (χ3v) is 3.78. The number of benzene rings is 2. The second-order valence-electron chi connectivity index (χ2n) is 6.85. The Morgan fingerprint density at radius 3 is 2.32 bits per heavy atom. The topological polar surface area (TPSA) is 70.3 Å². The molecule has 4 heteroatoms. The van der Waals surface area contributed by atoms with Gasteiger partial charge in [0, 0.05) is 5.56 Å². The van der Waals surface area contributed by atoms with Gasteiger partial charge >= 0.3 is 5.97 Å². The van der Waals surface area contributed by atoms with Gasteiger partial charge in [-0.15, -0.1) is 0 Å². The van der Waals surface area contributed by atoms with E-state index in [1.54, 1.807) is 30.3 Å². The lowest BCUT2D eigenvalue weighted by Gasteiger charge is -2.24. The SMILES string of the molecule is Cc1cccc(C(C)(C)C)c1Oc1ccc(C=C(C#N)C(=O)O)cc1. The largest absolute Gasteiger partial charge is 0.477 e. The quantitative estimate of drug-likeness (QED) is 0.625. The lowest BCUT2D eigenvalue weighted by molar-refractivity contribution is -0.132. The van der Waals surface area contributed by atoms with E-state index >= 15 is 0 Å². The molecular weight excluding hydrogens is 314 g/mol. The smallest absolute Gasteiger partial charge is 0.346 e. The first kappa shape index (κ1) is 18.3. The Balaban J connectivity index is 2.32. The third kappa shape index (κ3) is 4.48. The fourth-order valence-electron chi connectivity index (χ4n) is 2.44. The molecule has 1 N–H and O–H groups in total. The lowest BCUT2D eigenvalue weighted by Crippen LogP contribution is -2.13. The highest BCUT2D eigenvalue weighted by Gasteiger charge is 2.20. The molecule has 0 aromatic heterocycles. The van der Waals surface area contributed by atoms with Crippen molar-refractivity contribution in [3.8, 4) is 17.6 Å². The van der Waals surface area contributed by atoms with Gasteiger partial charge < -0.3 is 9.84 Å². The van der Waals surface area contributed by atoms with E-state index in [-0.39, 0.29) is 11.0 Å². The molecule has 0 fully saturated rings. The predicted molar refractivity (Wildman–Crippen MR) is 97.6 cm³/mol. The van der Waals surface area contributed by atoms with Gasteiger partial charge in [-0.3, -0.25) is 0 Å². The summed E-state index contributed by atoms with van der Waals surface area (Å²) < 4.78 is 6.10. The van der Waals surface area contributed by atoms with Gasteiger partial charge in [-0.2, -0.15) is 5.26 Å². The van der Waals surface area contributed by atoms with Gasteiger partial charge in [-0.1, -0.05) is 51.1 Å². The van der Waals surface area contributed by atoms with Crippen molar-refractivity contribution in [2.45, 2.75) is 33.1 Å². The fourth-order valence-corrected chi connectivity index (χ4v) is 2.44. The molecule has 0 saturated heterocycles. The van der Waals surface area contributed by atoms with E-state index in [0.29, 0.717) is 11.3 Å². The summed E-state index contributed by atoms with van der Waals surface area (Å²) in [5.41, 5.74) is 2.45. The Morgan fingerprint density at radius 1 is 1.16 bits per heavy atom. The van der Waals surface area contributed by atoms with Gasteiger partial charge in [-0.05, 0) is 41.7 Å². The van der Waals surface area contributed by atoms with Crippen LogP contribution in [0.3, 0.4) is 0 Å². The molecule has 0 heterocycles. The number of hydrogen-bond acceptors (Lipinski definition) is 3. The molecule has 0 amide bonds. The van der Waals surface area contributed by atoms with Crippen LogP contribution in [0.5, 0.6) is 11.5 Å². The molecule has 128 valence electrons. The van der Waals surface area contributed by atoms with E-state index in [0.717, 1.165) is 16.9 Å². The molecule has 2 aromatic carbocycles. The van der Waals surface area contributed by atoms with Crippen molar-refractivity contribution in [3.05, 3.63) is 64.7 Å². The molecule has 4 nitrogen and oxygen atoms in total. The number of hydrogen-bond donors (Lipinski definition) is 1. The number of nitriles is 1. The number of carboxylic acid groups (broad SMARTS) is 1. The summed E-state index contributed by atoms with van der Waals surface area (Å²) in [5.74, 6) is 0.255. The summed E-state index contributed by atoms with van der Waals surface area (Å²) in [6.07, 6.45) is 1.33. The molecule has 0 aliphatic heterocycles. The summed E-state index contributed by atoms with van der Waals surface area (Å²) in [6, 6.07) is 14.7. The van der Waals surface area contributed by atoms with Crippen LogP contribution >= 0.6 is 0 Å². The van der Waals surface area contributed by atoms with E-state index in [1.807, 2.05) is 19.1 Å². The minimum Gasteiger partial charge on any atom is -0.477 e. The lowest BCUT2D eigenvalue weighted by atomic mass is 9.85. The number of carbonyl (C=O) groups is 1. The zero-order chi connectivity index (χ0) is 18.6. The molecule has 0 spiro atoms. The molecule has 0 unspecified atom stereocenters. The van der Waals surface area contributed by atoms with Crippen LogP contribution in [0.1, 0.15) is 37.5 Å². The van der Waals surface area contributed by atoms with E-state index in [2.05, 4.69) is 26.8 Å². The number of nitrogens with zero attached hydrogens (tertiary/aromatic N) is 1. The minimum absolute atomic E-state index is 0.0484. The predicted octanol–water partition coefficient (Wildman–Crippen LogP) is 5.08. The molecule has 2 aromatic rings. The van der Waals surface area contributed by atoms with E-state index in [4.69, 9.17) is 15.1 Å². The van der Waals surface area contributed by atoms with Gasteiger partial charge in [0.2, 0.25) is 0 Å². The Morgan fingerprint density at radius 2 is 1.80 bits per heavy atom. The third-order valence-electron chi connectivity index (χ3n) is 3.78. The molecule has 0 aliphatic rings. The highest BCUT2D eigenvalue weighted by molar-refractivity contribution is 5.96. The first-order valence-electron chi connectivity index (χ1n) is 7.95. The average molecular weight is 335 g/mol. The van der Waals surface area contributed by atoms with Gasteiger partial charge in [0.15, 0.2) is 0 Å². The maximum absolute atomic E-state index is 10.9. The summed E-state index contributed by atoms with van der Waals surface area (Å²) in [5, 5.41) is 17.7. The van der Waals surface area contributed by atoms with Crippen LogP contribution in [0.15, 0.2) is 48.0 Å². The van der Waals surface area contributed by atoms with Crippen molar-refractivity contribution >= 4 is 12.0 Å². The number of para-hydroxylation sites is 1. The van der Waals surface area contributed by atoms with Crippen LogP contribution < -0.4 is 4.74 Å². The second kappa shape index (κ2) is 7.23. The molecule has 0 saturated carbocycles. The minimum atomic E-state index is -1.24. The van der Waals surface area contributed by atoms with Crippen molar-refractivity contribution in [3.63, 3.8) is 0 Å². The first-order valence-corrected chi connectivity index (χ1v) is 7.95. The standard InChI is InChI=1S/C21H21NO3/c1-14-6-5-7-18(21(2,3)4)19(14)25-17-10-8-15(9-11-17)12-16(13-22)20(23)24/h5-12H,1-4H3,(H,23,24). The highest BCUT2D eigenvalue weighted by atomic mass is 16.5. The normalized spacial score (nSPS) is 11.7. The van der Waals surface area contributed by atoms with Crippen LogP contribution in [0, 0.1) is 18.3 Å². The Hall–Kier alpha value is -3.06. The van der Waals surface area contributed by atoms with Gasteiger partial charge in [0.25, 0.3) is 0 Å². The number of ether oxygens (including phenoxy) is 1. The van der Waals surface area contributed by atoms with Gasteiger partial charge in [-0.25, -0.2) is 4.79 Å². The molecule has 0 aliphatic carbocycles. The molecule has 0 radical (unpaired) electrons. The van der Waals surface area contributed by atoms with Crippen LogP contribution in [-0.4, -0.2) is 11.1 Å². The van der Waals surface area contributed by atoms with Crippen molar-refractivity contribution in [2.75, 3.05) is 0 Å². The van der Waals surface area contributed by atoms with Gasteiger partial charge in [0.1, 0.15) is 23.1 Å². The maximum atomic E-state index is 10.9. The highest BCUT2D eigenvalue weighted by Crippen LogP contribution is 2.36. The fraction of sp³-hybridized carbons (Fsp3) is 0.238. The van der Waals surface area contributed by atoms with Crippen molar-refractivity contribution in [1.82, 2.24) is 0 Å². The van der Waals surface area contributed by atoms with Gasteiger partial charge in [0.05, 0.1) is 0 Å². The monoisotopic (exact) mass is 335 g/mol. The van der Waals surface area contributed by atoms with Crippen LogP contribution in [0.4, 0.5) is 0 Å². The number of carboxylic acids is 1.